The van der Waals surface area contributed by atoms with Gasteiger partial charge in [-0.2, -0.15) is 0 Å². The number of thioether (sulfide) groups is 1. The molecule has 0 radical (unpaired) electrons. The van der Waals surface area contributed by atoms with E-state index in [1.165, 1.54) is 50.4 Å². The maximum absolute atomic E-state index is 12.8. The van der Waals surface area contributed by atoms with Gasteiger partial charge in [0.15, 0.2) is 21.9 Å². The molecule has 1 fully saturated rings. The zero-order valence-electron chi connectivity index (χ0n) is 17.1. The number of halogens is 1. The van der Waals surface area contributed by atoms with Crippen molar-refractivity contribution in [2.75, 3.05) is 7.11 Å². The van der Waals surface area contributed by atoms with Crippen molar-refractivity contribution in [1.29, 1.82) is 0 Å². The van der Waals surface area contributed by atoms with Crippen LogP contribution < -0.4 is 14.3 Å². The molecular formula is C20H17ClN2O7S3. The Hall–Kier alpha value is -2.64. The van der Waals surface area contributed by atoms with Gasteiger partial charge in [0.25, 0.3) is 15.9 Å². The molecule has 1 aliphatic rings. The molecule has 1 atom stereocenters. The summed E-state index contributed by atoms with van der Waals surface area (Å²) in [6.07, 6.45) is 0.415. The average molecular weight is 529 g/mol. The third-order valence-electron chi connectivity index (χ3n) is 4.27. The van der Waals surface area contributed by atoms with E-state index >= 15 is 0 Å². The summed E-state index contributed by atoms with van der Waals surface area (Å²) in [6, 6.07) is 10.1. The van der Waals surface area contributed by atoms with E-state index in [1.807, 2.05) is 0 Å². The molecular weight excluding hydrogens is 512 g/mol. The molecule has 1 unspecified atom stereocenters. The van der Waals surface area contributed by atoms with Crippen LogP contribution >= 0.6 is 35.6 Å². The highest BCUT2D eigenvalue weighted by Gasteiger charge is 2.35. The smallest absolute Gasteiger partial charge is 0.344 e. The Morgan fingerprint density at radius 2 is 1.91 bits per heavy atom. The van der Waals surface area contributed by atoms with E-state index in [-0.39, 0.29) is 25.6 Å². The highest BCUT2D eigenvalue weighted by atomic mass is 35.5. The second-order valence-corrected chi connectivity index (χ2v) is 10.3. The summed E-state index contributed by atoms with van der Waals surface area (Å²) in [4.78, 5) is 26.1. The molecule has 0 saturated carbocycles. The zero-order chi connectivity index (χ0) is 24.3. The summed E-state index contributed by atoms with van der Waals surface area (Å²) in [5, 5.41) is 10.2. The summed E-state index contributed by atoms with van der Waals surface area (Å²) in [5.74, 6) is -1.31. The lowest BCUT2D eigenvalue weighted by molar-refractivity contribution is -0.144. The summed E-state index contributed by atoms with van der Waals surface area (Å²) in [7, 11) is -2.68. The molecule has 2 N–H and O–H groups in total. The van der Waals surface area contributed by atoms with Crippen molar-refractivity contribution >= 4 is 67.9 Å². The van der Waals surface area contributed by atoms with Crippen molar-refractivity contribution in [1.82, 2.24) is 9.84 Å². The first-order valence-corrected chi connectivity index (χ1v) is 12.2. The second-order valence-electron chi connectivity index (χ2n) is 6.57. The lowest BCUT2D eigenvalue weighted by Gasteiger charge is -2.16. The molecule has 1 saturated heterocycles. The predicted molar refractivity (Wildman–Crippen MR) is 128 cm³/mol. The lowest BCUT2D eigenvalue weighted by atomic mass is 10.2. The largest absolute Gasteiger partial charge is 0.493 e. The number of hydrogen-bond acceptors (Lipinski definition) is 8. The van der Waals surface area contributed by atoms with Crippen molar-refractivity contribution in [2.45, 2.75) is 17.9 Å². The average Bonchev–Trinajstić information content (AvgIpc) is 3.01. The minimum absolute atomic E-state index is 0.00555. The number of nitrogens with one attached hydrogen (secondary N) is 1. The Balaban J connectivity index is 1.81. The number of rotatable bonds is 8. The van der Waals surface area contributed by atoms with Crippen LogP contribution in [0.25, 0.3) is 6.08 Å². The number of carbonyl (C=O) groups is 2. The zero-order valence-corrected chi connectivity index (χ0v) is 20.3. The SMILES string of the molecule is COc1cc(/C=C2/SC(=S)N(NS(=O)(=O)c3ccc(Cl)cc3)C2=O)ccc1OC(C)C(=O)O. The van der Waals surface area contributed by atoms with Gasteiger partial charge < -0.3 is 14.6 Å². The molecule has 1 aliphatic heterocycles. The Morgan fingerprint density at radius 1 is 1.24 bits per heavy atom. The molecule has 9 nitrogen and oxygen atoms in total. The third-order valence-corrected chi connectivity index (χ3v) is 7.14. The van der Waals surface area contributed by atoms with Gasteiger partial charge in [0, 0.05) is 5.02 Å². The number of sulfonamides is 1. The molecule has 2 aromatic rings. The van der Waals surface area contributed by atoms with E-state index in [2.05, 4.69) is 4.83 Å². The molecule has 0 bridgehead atoms. The quantitative estimate of drug-likeness (QED) is 0.392. The molecule has 1 heterocycles. The molecule has 33 heavy (non-hydrogen) atoms. The van der Waals surface area contributed by atoms with E-state index in [4.69, 9.17) is 38.4 Å². The molecule has 13 heteroatoms. The van der Waals surface area contributed by atoms with Gasteiger partial charge in [0.05, 0.1) is 16.9 Å². The summed E-state index contributed by atoms with van der Waals surface area (Å²) >= 11 is 11.9. The van der Waals surface area contributed by atoms with Gasteiger partial charge in [0.2, 0.25) is 0 Å². The fourth-order valence-corrected chi connectivity index (χ4v) is 5.03. The van der Waals surface area contributed by atoms with Crippen molar-refractivity contribution < 1.29 is 32.6 Å². The number of ether oxygens (including phenoxy) is 2. The minimum atomic E-state index is -4.07. The topological polar surface area (TPSA) is 122 Å². The Bertz CT molecular complexity index is 1250. The van der Waals surface area contributed by atoms with E-state index in [9.17, 15) is 18.0 Å². The minimum Gasteiger partial charge on any atom is -0.493 e. The number of nitrogens with zero attached hydrogens (tertiary/aromatic N) is 1. The molecule has 1 amide bonds. The number of carboxylic acids is 1. The number of thiocarbonyl (C=S) groups is 1. The Kier molecular flexibility index (Phi) is 7.65. The van der Waals surface area contributed by atoms with E-state index in [1.54, 1.807) is 12.1 Å². The van der Waals surface area contributed by atoms with E-state index in [0.717, 1.165) is 16.8 Å². The van der Waals surface area contributed by atoms with Crippen LogP contribution in [0.4, 0.5) is 0 Å². The van der Waals surface area contributed by atoms with Crippen molar-refractivity contribution in [3.8, 4) is 11.5 Å². The number of amides is 1. The highest BCUT2D eigenvalue weighted by molar-refractivity contribution is 8.26. The molecule has 0 aromatic heterocycles. The van der Waals surface area contributed by atoms with Gasteiger partial charge >= 0.3 is 5.97 Å². The molecule has 174 valence electrons. The lowest BCUT2D eigenvalue weighted by Crippen LogP contribution is -2.44. The first-order chi connectivity index (χ1) is 15.5. The first-order valence-electron chi connectivity index (χ1n) is 9.15. The Morgan fingerprint density at radius 3 is 2.52 bits per heavy atom. The first kappa shape index (κ1) is 25.0. The van der Waals surface area contributed by atoms with Crippen LogP contribution in [0, 0.1) is 0 Å². The van der Waals surface area contributed by atoms with Crippen molar-refractivity contribution in [2.24, 2.45) is 0 Å². The number of aliphatic carboxylic acids is 1. The monoisotopic (exact) mass is 528 g/mol. The second kappa shape index (κ2) is 10.1. The number of carboxylic acid groups (broad SMARTS) is 1. The van der Waals surface area contributed by atoms with Gasteiger partial charge in [-0.3, -0.25) is 4.79 Å². The summed E-state index contributed by atoms with van der Waals surface area (Å²) in [5.41, 5.74) is 0.531. The molecule has 3 rings (SSSR count). The van der Waals surface area contributed by atoms with Gasteiger partial charge in [-0.15, -0.1) is 4.83 Å². The molecule has 2 aromatic carbocycles. The van der Waals surface area contributed by atoms with Crippen LogP contribution in [0.3, 0.4) is 0 Å². The number of carbonyl (C=O) groups excluding carboxylic acids is 1. The normalized spacial score (nSPS) is 16.2. The number of benzene rings is 2. The summed E-state index contributed by atoms with van der Waals surface area (Å²) < 4.78 is 35.8. The molecule has 0 spiro atoms. The van der Waals surface area contributed by atoms with Crippen LogP contribution in [-0.2, 0) is 19.6 Å². The summed E-state index contributed by atoms with van der Waals surface area (Å²) in [6.45, 7) is 1.38. The number of methoxy groups -OCH3 is 1. The van der Waals surface area contributed by atoms with Crippen LogP contribution in [0.2, 0.25) is 5.02 Å². The maximum Gasteiger partial charge on any atom is 0.344 e. The van der Waals surface area contributed by atoms with Gasteiger partial charge in [-0.05, 0) is 55.0 Å². The van der Waals surface area contributed by atoms with E-state index < -0.39 is 28.0 Å². The van der Waals surface area contributed by atoms with Crippen LogP contribution in [-0.4, -0.2) is 47.9 Å². The van der Waals surface area contributed by atoms with Crippen molar-refractivity contribution in [3.05, 3.63) is 58.0 Å². The fraction of sp³-hybridized carbons (Fsp3) is 0.150. The van der Waals surface area contributed by atoms with Crippen molar-refractivity contribution in [3.63, 3.8) is 0 Å². The van der Waals surface area contributed by atoms with Gasteiger partial charge in [-0.1, -0.05) is 41.6 Å². The number of hydrogen-bond donors (Lipinski definition) is 2. The fourth-order valence-electron chi connectivity index (χ4n) is 2.60. The maximum atomic E-state index is 12.8. The van der Waals surface area contributed by atoms with Crippen LogP contribution in [0.5, 0.6) is 11.5 Å². The highest BCUT2D eigenvalue weighted by Crippen LogP contribution is 2.34. The standard InChI is InChI=1S/C20H17ClN2O7S3/c1-11(19(25)26)30-15-8-3-12(9-16(15)29-2)10-17-18(24)23(20(31)32-17)22-33(27,28)14-6-4-13(21)5-7-14/h3-11,22H,1-2H3,(H,25,26)/b17-10+. The third kappa shape index (κ3) is 5.84. The predicted octanol–water partition coefficient (Wildman–Crippen LogP) is 3.30. The van der Waals surface area contributed by atoms with Gasteiger partial charge in [0.1, 0.15) is 0 Å². The van der Waals surface area contributed by atoms with E-state index in [0.29, 0.717) is 10.6 Å². The van der Waals surface area contributed by atoms with Crippen LogP contribution in [0.15, 0.2) is 52.3 Å². The number of hydrazine groups is 1. The molecule has 0 aliphatic carbocycles. The van der Waals surface area contributed by atoms with Crippen LogP contribution in [0.1, 0.15) is 12.5 Å². The van der Waals surface area contributed by atoms with Gasteiger partial charge in [-0.25, -0.2) is 18.2 Å². The Labute approximate surface area is 204 Å².